The summed E-state index contributed by atoms with van der Waals surface area (Å²) in [7, 11) is 0. The van der Waals surface area contributed by atoms with Crippen molar-refractivity contribution in [1.82, 2.24) is 24.1 Å². The van der Waals surface area contributed by atoms with Gasteiger partial charge in [-0.3, -0.25) is 0 Å². The maximum Gasteiger partial charge on any atom is 0.176 e. The molecule has 0 saturated carbocycles. The van der Waals surface area contributed by atoms with Crippen molar-refractivity contribution in [3.8, 4) is 0 Å². The molecule has 0 aliphatic carbocycles. The molecule has 0 aliphatic rings. The topological polar surface area (TPSA) is 55.1 Å². The van der Waals surface area contributed by atoms with Crippen molar-refractivity contribution < 1.29 is 0 Å². The van der Waals surface area contributed by atoms with Gasteiger partial charge >= 0.3 is 0 Å². The van der Waals surface area contributed by atoms with Crippen LogP contribution in [0.25, 0.3) is 5.65 Å². The van der Waals surface area contributed by atoms with E-state index < -0.39 is 0 Å². The van der Waals surface area contributed by atoms with E-state index in [1.165, 1.54) is 11.5 Å². The Hall–Kier alpha value is -1.44. The summed E-state index contributed by atoms with van der Waals surface area (Å²) < 4.78 is 7.29. The number of imidazole rings is 1. The molecule has 3 aromatic heterocycles. The first-order valence-corrected chi connectivity index (χ1v) is 8.40. The Labute approximate surface area is 132 Å². The number of hydrogen-bond acceptors (Lipinski definition) is 6. The Morgan fingerprint density at radius 3 is 2.90 bits per heavy atom. The third-order valence-corrected chi connectivity index (χ3v) is 4.83. The van der Waals surface area contributed by atoms with E-state index >= 15 is 0 Å². The first-order valence-electron chi connectivity index (χ1n) is 6.81. The molecule has 5 nitrogen and oxygen atoms in total. The van der Waals surface area contributed by atoms with E-state index in [1.54, 1.807) is 11.8 Å². The number of aromatic nitrogens is 4. The zero-order valence-corrected chi connectivity index (χ0v) is 13.8. The van der Waals surface area contributed by atoms with Crippen LogP contribution >= 0.6 is 23.3 Å². The van der Waals surface area contributed by atoms with Crippen LogP contribution in [0.2, 0.25) is 0 Å². The Bertz CT molecular complexity index is 747. The molecule has 0 radical (unpaired) electrons. The lowest BCUT2D eigenvalue weighted by Crippen LogP contribution is -2.22. The first-order chi connectivity index (χ1) is 10.1. The third-order valence-electron chi connectivity index (χ3n) is 2.96. The number of nitrogens with zero attached hydrogens (tertiary/aromatic N) is 4. The number of hydrogen-bond donors (Lipinski definition) is 1. The van der Waals surface area contributed by atoms with Gasteiger partial charge in [-0.2, -0.15) is 4.37 Å². The van der Waals surface area contributed by atoms with Gasteiger partial charge in [0.05, 0.1) is 5.69 Å². The predicted molar refractivity (Wildman–Crippen MR) is 85.9 cm³/mol. The van der Waals surface area contributed by atoms with Crippen molar-refractivity contribution in [3.63, 3.8) is 0 Å². The van der Waals surface area contributed by atoms with Crippen LogP contribution in [0.5, 0.6) is 0 Å². The van der Waals surface area contributed by atoms with Crippen molar-refractivity contribution in [3.05, 3.63) is 35.9 Å². The number of rotatable bonds is 5. The minimum Gasteiger partial charge on any atom is -0.309 e. The fourth-order valence-corrected chi connectivity index (χ4v) is 3.66. The Kier molecular flexibility index (Phi) is 4.23. The molecule has 21 heavy (non-hydrogen) atoms. The first kappa shape index (κ1) is 14.5. The summed E-state index contributed by atoms with van der Waals surface area (Å²) in [6, 6.07) is 6.48. The average Bonchev–Trinajstić information content (AvgIpc) is 3.00. The zero-order chi connectivity index (χ0) is 14.8. The molecular formula is C14H17N5S2. The van der Waals surface area contributed by atoms with Crippen LogP contribution in [0, 0.1) is 6.92 Å². The molecule has 0 amide bonds. The number of fused-ring (bicyclic) bond motifs is 1. The summed E-state index contributed by atoms with van der Waals surface area (Å²) in [5.41, 5.74) is 2.12. The molecular weight excluding hydrogens is 302 g/mol. The highest BCUT2D eigenvalue weighted by Gasteiger charge is 2.15. The molecule has 0 aliphatic heterocycles. The average molecular weight is 319 g/mol. The van der Waals surface area contributed by atoms with Crippen LogP contribution < -0.4 is 5.32 Å². The number of nitrogens with one attached hydrogen (secondary N) is 1. The van der Waals surface area contributed by atoms with Crippen molar-refractivity contribution in [2.24, 2.45) is 0 Å². The second-order valence-electron chi connectivity index (χ2n) is 5.04. The quantitative estimate of drug-likeness (QED) is 0.783. The highest BCUT2D eigenvalue weighted by Crippen LogP contribution is 2.31. The molecule has 7 heteroatoms. The van der Waals surface area contributed by atoms with E-state index in [4.69, 9.17) is 4.98 Å². The summed E-state index contributed by atoms with van der Waals surface area (Å²) >= 11 is 3.00. The largest absolute Gasteiger partial charge is 0.309 e. The van der Waals surface area contributed by atoms with Crippen LogP contribution in [-0.2, 0) is 6.54 Å². The fraction of sp³-hybridized carbons (Fsp3) is 0.357. The standard InChI is InChI=1S/C14H17N5S2/c1-9(2)15-8-11-13(20-14-16-10(3)18-21-14)17-12-6-4-5-7-19(11)12/h4-7,9,15H,8H2,1-3H3. The van der Waals surface area contributed by atoms with Crippen LogP contribution in [0.15, 0.2) is 33.8 Å². The van der Waals surface area contributed by atoms with Gasteiger partial charge in [0.1, 0.15) is 16.5 Å². The number of pyridine rings is 1. The van der Waals surface area contributed by atoms with E-state index in [9.17, 15) is 0 Å². The van der Waals surface area contributed by atoms with Gasteiger partial charge in [0.25, 0.3) is 0 Å². The maximum absolute atomic E-state index is 4.72. The highest BCUT2D eigenvalue weighted by molar-refractivity contribution is 8.00. The summed E-state index contributed by atoms with van der Waals surface area (Å²) in [5, 5.41) is 4.46. The smallest absolute Gasteiger partial charge is 0.176 e. The molecule has 1 N–H and O–H groups in total. The van der Waals surface area contributed by atoms with Crippen LogP contribution in [0.4, 0.5) is 0 Å². The fourth-order valence-electron chi connectivity index (χ4n) is 1.97. The van der Waals surface area contributed by atoms with E-state index in [2.05, 4.69) is 39.1 Å². The van der Waals surface area contributed by atoms with Crippen molar-refractivity contribution >= 4 is 28.9 Å². The van der Waals surface area contributed by atoms with Gasteiger partial charge in [-0.1, -0.05) is 19.9 Å². The minimum absolute atomic E-state index is 0.431. The summed E-state index contributed by atoms with van der Waals surface area (Å²) in [6.45, 7) is 6.97. The lowest BCUT2D eigenvalue weighted by molar-refractivity contribution is 0.574. The van der Waals surface area contributed by atoms with E-state index in [0.29, 0.717) is 6.04 Å². The summed E-state index contributed by atoms with van der Waals surface area (Å²) in [4.78, 5) is 9.13. The lowest BCUT2D eigenvalue weighted by Gasteiger charge is -2.09. The molecule has 0 atom stereocenters. The molecule has 3 rings (SSSR count). The third kappa shape index (κ3) is 3.25. The van der Waals surface area contributed by atoms with Crippen molar-refractivity contribution in [2.75, 3.05) is 0 Å². The highest BCUT2D eigenvalue weighted by atomic mass is 32.2. The minimum atomic E-state index is 0.431. The predicted octanol–water partition coefficient (Wildman–Crippen LogP) is 3.14. The summed E-state index contributed by atoms with van der Waals surface area (Å²) in [6.07, 6.45) is 2.05. The Morgan fingerprint density at radius 1 is 1.33 bits per heavy atom. The van der Waals surface area contributed by atoms with Crippen LogP contribution in [-0.4, -0.2) is 24.8 Å². The van der Waals surface area contributed by atoms with Gasteiger partial charge in [-0.15, -0.1) is 0 Å². The van der Waals surface area contributed by atoms with E-state index in [-0.39, 0.29) is 0 Å². The Balaban J connectivity index is 1.97. The second-order valence-corrected chi connectivity index (χ2v) is 7.03. The van der Waals surface area contributed by atoms with Gasteiger partial charge in [-0.25, -0.2) is 9.97 Å². The second kappa shape index (κ2) is 6.13. The molecule has 110 valence electrons. The molecule has 3 aromatic rings. The summed E-state index contributed by atoms with van der Waals surface area (Å²) in [5.74, 6) is 0.813. The van der Waals surface area contributed by atoms with Gasteiger partial charge in [0.15, 0.2) is 4.34 Å². The molecule has 0 spiro atoms. The van der Waals surface area contributed by atoms with Crippen molar-refractivity contribution in [2.45, 2.75) is 42.7 Å². The van der Waals surface area contributed by atoms with E-state index in [0.717, 1.165) is 33.1 Å². The molecule has 0 fully saturated rings. The zero-order valence-electron chi connectivity index (χ0n) is 12.2. The Morgan fingerprint density at radius 2 is 2.19 bits per heavy atom. The lowest BCUT2D eigenvalue weighted by atomic mass is 10.3. The SMILES string of the molecule is Cc1nsc(Sc2nc3ccccn3c2CNC(C)C)n1. The molecule has 0 bridgehead atoms. The molecule has 0 aromatic carbocycles. The van der Waals surface area contributed by atoms with Gasteiger partial charge in [0, 0.05) is 18.8 Å². The molecule has 0 unspecified atom stereocenters. The van der Waals surface area contributed by atoms with Gasteiger partial charge in [-0.05, 0) is 42.4 Å². The van der Waals surface area contributed by atoms with E-state index in [1.807, 2.05) is 25.1 Å². The molecule has 0 saturated heterocycles. The van der Waals surface area contributed by atoms with Crippen LogP contribution in [0.1, 0.15) is 25.4 Å². The van der Waals surface area contributed by atoms with Gasteiger partial charge < -0.3 is 9.72 Å². The molecule has 3 heterocycles. The normalized spacial score (nSPS) is 11.6. The van der Waals surface area contributed by atoms with Gasteiger partial charge in [0.2, 0.25) is 0 Å². The van der Waals surface area contributed by atoms with Crippen LogP contribution in [0.3, 0.4) is 0 Å². The maximum atomic E-state index is 4.72. The monoisotopic (exact) mass is 319 g/mol. The number of aryl methyl sites for hydroxylation is 1. The van der Waals surface area contributed by atoms with Crippen molar-refractivity contribution in [1.29, 1.82) is 0 Å².